The van der Waals surface area contributed by atoms with Gasteiger partial charge in [-0.05, 0) is 65.1 Å². The summed E-state index contributed by atoms with van der Waals surface area (Å²) in [6.07, 6.45) is 3.87. The molecule has 3 rings (SSSR count). The second-order valence-electron chi connectivity index (χ2n) is 4.92. The lowest BCUT2D eigenvalue weighted by molar-refractivity contribution is 0.0653. The SMILES string of the molecule is O=C(c1ccc(Cl)cc1Cl)C(Oc1ccc(I)cc1)n1ccnc1. The van der Waals surface area contributed by atoms with Crippen LogP contribution in [0.4, 0.5) is 0 Å². The van der Waals surface area contributed by atoms with Crippen LogP contribution in [0.25, 0.3) is 0 Å². The molecule has 0 fully saturated rings. The summed E-state index contributed by atoms with van der Waals surface area (Å²) in [7, 11) is 0. The van der Waals surface area contributed by atoms with E-state index in [9.17, 15) is 4.79 Å². The quantitative estimate of drug-likeness (QED) is 0.376. The summed E-state index contributed by atoms with van der Waals surface area (Å²) in [5, 5.41) is 0.748. The number of rotatable bonds is 5. The third kappa shape index (κ3) is 3.91. The van der Waals surface area contributed by atoms with Gasteiger partial charge in [0.1, 0.15) is 5.75 Å². The van der Waals surface area contributed by atoms with Gasteiger partial charge >= 0.3 is 0 Å². The van der Waals surface area contributed by atoms with E-state index in [-0.39, 0.29) is 10.8 Å². The molecule has 4 nitrogen and oxygen atoms in total. The van der Waals surface area contributed by atoms with Gasteiger partial charge in [-0.3, -0.25) is 9.36 Å². The monoisotopic (exact) mass is 472 g/mol. The Hall–Kier alpha value is -1.57. The molecule has 0 saturated carbocycles. The molecular weight excluding hydrogens is 462 g/mol. The van der Waals surface area contributed by atoms with Crippen molar-refractivity contribution in [1.29, 1.82) is 0 Å². The van der Waals surface area contributed by atoms with E-state index >= 15 is 0 Å². The number of imidazole rings is 1. The van der Waals surface area contributed by atoms with Crippen LogP contribution in [-0.4, -0.2) is 15.3 Å². The number of aromatic nitrogens is 2. The van der Waals surface area contributed by atoms with Crippen molar-refractivity contribution in [3.8, 4) is 5.75 Å². The van der Waals surface area contributed by atoms with Crippen molar-refractivity contribution < 1.29 is 9.53 Å². The number of hydrogen-bond acceptors (Lipinski definition) is 3. The Balaban J connectivity index is 1.95. The predicted molar refractivity (Wildman–Crippen MR) is 102 cm³/mol. The molecular formula is C17H11Cl2IN2O2. The smallest absolute Gasteiger partial charge is 0.241 e. The van der Waals surface area contributed by atoms with Gasteiger partial charge in [0.2, 0.25) is 12.0 Å². The predicted octanol–water partition coefficient (Wildman–Crippen LogP) is 5.26. The highest BCUT2D eigenvalue weighted by Crippen LogP contribution is 2.27. The topological polar surface area (TPSA) is 44.1 Å². The minimum Gasteiger partial charge on any atom is -0.462 e. The van der Waals surface area contributed by atoms with Gasteiger partial charge in [-0.2, -0.15) is 0 Å². The van der Waals surface area contributed by atoms with Gasteiger partial charge in [0.05, 0.1) is 11.3 Å². The fourth-order valence-corrected chi connectivity index (χ4v) is 2.98. The summed E-state index contributed by atoms with van der Waals surface area (Å²) in [6.45, 7) is 0. The van der Waals surface area contributed by atoms with Crippen molar-refractivity contribution in [2.45, 2.75) is 6.23 Å². The molecule has 0 spiro atoms. The van der Waals surface area contributed by atoms with E-state index < -0.39 is 6.23 Å². The summed E-state index contributed by atoms with van der Waals surface area (Å²) >= 11 is 14.3. The zero-order valence-corrected chi connectivity index (χ0v) is 15.9. The van der Waals surface area contributed by atoms with E-state index in [4.69, 9.17) is 27.9 Å². The molecule has 0 amide bonds. The van der Waals surface area contributed by atoms with E-state index in [1.54, 1.807) is 29.1 Å². The van der Waals surface area contributed by atoms with Crippen molar-refractivity contribution in [3.63, 3.8) is 0 Å². The second-order valence-corrected chi connectivity index (χ2v) is 7.01. The minimum absolute atomic E-state index is 0.281. The van der Waals surface area contributed by atoms with Crippen LogP contribution in [0.2, 0.25) is 10.0 Å². The fraction of sp³-hybridized carbons (Fsp3) is 0.0588. The Bertz CT molecular complexity index is 852. The van der Waals surface area contributed by atoms with E-state index in [2.05, 4.69) is 27.6 Å². The van der Waals surface area contributed by atoms with Gasteiger partial charge < -0.3 is 4.74 Å². The van der Waals surface area contributed by atoms with Crippen LogP contribution in [0, 0.1) is 3.57 Å². The molecule has 122 valence electrons. The number of hydrogen-bond donors (Lipinski definition) is 0. The number of carbonyl (C=O) groups excluding carboxylic acids is 1. The first-order chi connectivity index (χ1) is 11.5. The highest BCUT2D eigenvalue weighted by atomic mass is 127. The van der Waals surface area contributed by atoms with Crippen molar-refractivity contribution in [1.82, 2.24) is 9.55 Å². The van der Waals surface area contributed by atoms with E-state index in [1.165, 1.54) is 12.4 Å². The Morgan fingerprint density at radius 3 is 2.54 bits per heavy atom. The average molecular weight is 473 g/mol. The first-order valence-electron chi connectivity index (χ1n) is 6.93. The molecule has 0 bridgehead atoms. The molecule has 0 saturated heterocycles. The minimum atomic E-state index is -0.911. The van der Waals surface area contributed by atoms with Crippen molar-refractivity contribution >= 4 is 51.6 Å². The lowest BCUT2D eigenvalue weighted by Crippen LogP contribution is -2.24. The molecule has 1 aromatic heterocycles. The van der Waals surface area contributed by atoms with Gasteiger partial charge in [-0.15, -0.1) is 0 Å². The fourth-order valence-electron chi connectivity index (χ4n) is 2.12. The van der Waals surface area contributed by atoms with E-state index in [0.717, 1.165) is 3.57 Å². The summed E-state index contributed by atoms with van der Waals surface area (Å²) < 4.78 is 8.56. The third-order valence-electron chi connectivity index (χ3n) is 3.28. The van der Waals surface area contributed by atoms with Crippen LogP contribution < -0.4 is 4.74 Å². The molecule has 2 aromatic carbocycles. The first-order valence-corrected chi connectivity index (χ1v) is 8.77. The highest BCUT2D eigenvalue weighted by molar-refractivity contribution is 14.1. The second kappa shape index (κ2) is 7.55. The molecule has 3 aromatic rings. The number of benzene rings is 2. The van der Waals surface area contributed by atoms with E-state index in [0.29, 0.717) is 16.3 Å². The molecule has 24 heavy (non-hydrogen) atoms. The highest BCUT2D eigenvalue weighted by Gasteiger charge is 2.25. The Labute approximate surface area is 162 Å². The molecule has 7 heteroatoms. The van der Waals surface area contributed by atoms with Crippen LogP contribution in [0.5, 0.6) is 5.75 Å². The number of halogens is 3. The lowest BCUT2D eigenvalue weighted by atomic mass is 10.1. The standard InChI is InChI=1S/C17H11Cl2IN2O2/c18-11-1-6-14(15(19)9-11)16(23)17(22-8-7-21-10-22)24-13-4-2-12(20)3-5-13/h1-10,17H. The van der Waals surface area contributed by atoms with Crippen LogP contribution in [0.3, 0.4) is 0 Å². The Kier molecular flexibility index (Phi) is 5.43. The maximum atomic E-state index is 12.9. The molecule has 1 heterocycles. The largest absolute Gasteiger partial charge is 0.462 e. The first kappa shape index (κ1) is 17.3. The maximum Gasteiger partial charge on any atom is 0.241 e. The van der Waals surface area contributed by atoms with Gasteiger partial charge in [-0.25, -0.2) is 4.98 Å². The van der Waals surface area contributed by atoms with Gasteiger partial charge in [0, 0.05) is 26.5 Å². The molecule has 0 aliphatic rings. The molecule has 0 aliphatic carbocycles. The number of Topliss-reactive ketones (excluding diaryl/α,β-unsaturated/α-hetero) is 1. The van der Waals surface area contributed by atoms with Crippen LogP contribution in [-0.2, 0) is 0 Å². The number of carbonyl (C=O) groups is 1. The molecule has 0 N–H and O–H groups in total. The van der Waals surface area contributed by atoms with Gasteiger partial charge in [0.15, 0.2) is 0 Å². The van der Waals surface area contributed by atoms with Crippen molar-refractivity contribution in [2.24, 2.45) is 0 Å². The Morgan fingerprint density at radius 1 is 1.17 bits per heavy atom. The summed E-state index contributed by atoms with van der Waals surface area (Å²) in [5.41, 5.74) is 0.338. The van der Waals surface area contributed by atoms with Crippen LogP contribution in [0.15, 0.2) is 61.2 Å². The third-order valence-corrected chi connectivity index (χ3v) is 4.54. The zero-order chi connectivity index (χ0) is 17.1. The van der Waals surface area contributed by atoms with Gasteiger partial charge in [0.25, 0.3) is 0 Å². The number of ether oxygens (including phenoxy) is 1. The summed E-state index contributed by atoms with van der Waals surface area (Å²) in [5.74, 6) is 0.292. The van der Waals surface area contributed by atoms with Crippen molar-refractivity contribution in [3.05, 3.63) is 80.4 Å². The van der Waals surface area contributed by atoms with E-state index in [1.807, 2.05) is 24.3 Å². The van der Waals surface area contributed by atoms with Crippen molar-refractivity contribution in [2.75, 3.05) is 0 Å². The molecule has 1 atom stereocenters. The summed E-state index contributed by atoms with van der Waals surface area (Å²) in [4.78, 5) is 16.9. The zero-order valence-electron chi connectivity index (χ0n) is 12.2. The summed E-state index contributed by atoms with van der Waals surface area (Å²) in [6, 6.07) is 12.2. The molecule has 0 radical (unpaired) electrons. The molecule has 0 aliphatic heterocycles. The molecule has 1 unspecified atom stereocenters. The lowest BCUT2D eigenvalue weighted by Gasteiger charge is -2.20. The van der Waals surface area contributed by atoms with Crippen LogP contribution >= 0.6 is 45.8 Å². The van der Waals surface area contributed by atoms with Crippen LogP contribution in [0.1, 0.15) is 16.6 Å². The number of nitrogens with zero attached hydrogens (tertiary/aromatic N) is 2. The van der Waals surface area contributed by atoms with Gasteiger partial charge in [-0.1, -0.05) is 23.2 Å². The average Bonchev–Trinajstić information content (AvgIpc) is 3.08. The normalized spacial score (nSPS) is 12.0. The maximum absolute atomic E-state index is 12.9. The Morgan fingerprint density at radius 2 is 1.92 bits per heavy atom. The number of ketones is 1.